The van der Waals surface area contributed by atoms with Crippen LogP contribution < -0.4 is 14.8 Å². The number of methoxy groups -OCH3 is 1. The van der Waals surface area contributed by atoms with Gasteiger partial charge < -0.3 is 4.74 Å². The second-order valence-electron chi connectivity index (χ2n) is 7.62. The fourth-order valence-corrected chi connectivity index (χ4v) is 5.05. The zero-order valence-corrected chi connectivity index (χ0v) is 20.5. The van der Waals surface area contributed by atoms with Crippen LogP contribution in [0, 0.1) is 13.8 Å². The molecule has 4 aromatic rings. The van der Waals surface area contributed by atoms with Gasteiger partial charge in [-0.25, -0.2) is 13.4 Å². The van der Waals surface area contributed by atoms with Crippen molar-refractivity contribution in [1.82, 2.24) is 4.98 Å². The summed E-state index contributed by atoms with van der Waals surface area (Å²) in [6.45, 7) is 4.09. The summed E-state index contributed by atoms with van der Waals surface area (Å²) >= 11 is 1.30. The number of nitrogens with one attached hydrogen (secondary N) is 2. The van der Waals surface area contributed by atoms with E-state index in [9.17, 15) is 13.2 Å². The van der Waals surface area contributed by atoms with Crippen LogP contribution >= 0.6 is 11.3 Å². The number of amides is 1. The topological polar surface area (TPSA) is 97.4 Å². The first-order chi connectivity index (χ1) is 16.3. The van der Waals surface area contributed by atoms with Crippen molar-refractivity contribution in [2.24, 2.45) is 0 Å². The van der Waals surface area contributed by atoms with E-state index in [1.165, 1.54) is 36.1 Å². The van der Waals surface area contributed by atoms with Gasteiger partial charge in [0, 0.05) is 10.9 Å². The Bertz CT molecular complexity index is 1450. The largest absolute Gasteiger partial charge is 0.497 e. The molecule has 0 fully saturated rings. The van der Waals surface area contributed by atoms with Crippen molar-refractivity contribution in [1.29, 1.82) is 0 Å². The van der Waals surface area contributed by atoms with Gasteiger partial charge in [-0.15, -0.1) is 11.3 Å². The first kappa shape index (κ1) is 23.5. The summed E-state index contributed by atoms with van der Waals surface area (Å²) in [5.41, 5.74) is 4.43. The number of carbonyl (C=O) groups excluding carboxylic acids is 1. The molecule has 0 aliphatic rings. The molecule has 0 aliphatic heterocycles. The van der Waals surface area contributed by atoms with Crippen LogP contribution in [0.25, 0.3) is 11.3 Å². The van der Waals surface area contributed by atoms with Crippen molar-refractivity contribution in [3.8, 4) is 17.0 Å². The lowest BCUT2D eigenvalue weighted by Gasteiger charge is -2.12. The Morgan fingerprint density at radius 3 is 2.41 bits per heavy atom. The molecule has 7 nitrogen and oxygen atoms in total. The highest BCUT2D eigenvalue weighted by Gasteiger charge is 2.19. The maximum atomic E-state index is 13.0. The van der Waals surface area contributed by atoms with Crippen LogP contribution in [0.4, 0.5) is 10.8 Å². The summed E-state index contributed by atoms with van der Waals surface area (Å²) in [6.07, 6.45) is 0. The summed E-state index contributed by atoms with van der Waals surface area (Å²) in [4.78, 5) is 17.6. The predicted molar refractivity (Wildman–Crippen MR) is 135 cm³/mol. The number of aromatic nitrogens is 1. The normalized spacial score (nSPS) is 11.1. The number of aryl methyl sites for hydroxylation is 2. The molecule has 34 heavy (non-hydrogen) atoms. The number of para-hydroxylation sites is 1. The van der Waals surface area contributed by atoms with E-state index in [4.69, 9.17) is 4.74 Å². The van der Waals surface area contributed by atoms with E-state index in [-0.39, 0.29) is 16.1 Å². The molecule has 2 N–H and O–H groups in total. The quantitative estimate of drug-likeness (QED) is 0.355. The summed E-state index contributed by atoms with van der Waals surface area (Å²) < 4.78 is 33.3. The minimum Gasteiger partial charge on any atom is -0.497 e. The number of ether oxygens (including phenoxy) is 1. The average molecular weight is 494 g/mol. The zero-order chi connectivity index (χ0) is 24.3. The molecule has 9 heteroatoms. The van der Waals surface area contributed by atoms with Gasteiger partial charge in [-0.2, -0.15) is 0 Å². The van der Waals surface area contributed by atoms with Gasteiger partial charge in [0.2, 0.25) is 0 Å². The Morgan fingerprint density at radius 1 is 0.971 bits per heavy atom. The van der Waals surface area contributed by atoms with E-state index in [1.807, 2.05) is 31.4 Å². The summed E-state index contributed by atoms with van der Waals surface area (Å²) in [7, 11) is -2.40. The van der Waals surface area contributed by atoms with E-state index in [0.717, 1.165) is 16.8 Å². The van der Waals surface area contributed by atoms with Gasteiger partial charge in [-0.05, 0) is 67.4 Å². The number of anilines is 2. The van der Waals surface area contributed by atoms with Crippen molar-refractivity contribution < 1.29 is 17.9 Å². The molecular weight excluding hydrogens is 470 g/mol. The molecule has 0 bridgehead atoms. The highest BCUT2D eigenvalue weighted by molar-refractivity contribution is 7.92. The number of benzene rings is 3. The van der Waals surface area contributed by atoms with Crippen LogP contribution in [0.15, 0.2) is 77.0 Å². The van der Waals surface area contributed by atoms with Crippen molar-refractivity contribution in [3.63, 3.8) is 0 Å². The lowest BCUT2D eigenvalue weighted by molar-refractivity contribution is 0.102. The van der Waals surface area contributed by atoms with E-state index in [0.29, 0.717) is 10.9 Å². The van der Waals surface area contributed by atoms with Gasteiger partial charge in [0.1, 0.15) is 5.75 Å². The lowest BCUT2D eigenvalue weighted by Crippen LogP contribution is -2.18. The van der Waals surface area contributed by atoms with Crippen LogP contribution in [0.1, 0.15) is 21.5 Å². The first-order valence-electron chi connectivity index (χ1n) is 10.4. The number of hydrogen-bond donors (Lipinski definition) is 2. The van der Waals surface area contributed by atoms with Gasteiger partial charge in [0.05, 0.1) is 29.0 Å². The Hall–Kier alpha value is -3.69. The molecular formula is C25H23N3O4S2. The lowest BCUT2D eigenvalue weighted by atomic mass is 10.1. The molecule has 0 saturated heterocycles. The van der Waals surface area contributed by atoms with E-state index < -0.39 is 15.9 Å². The minimum atomic E-state index is -3.91. The molecule has 4 rings (SSSR count). The van der Waals surface area contributed by atoms with Gasteiger partial charge >= 0.3 is 0 Å². The minimum absolute atomic E-state index is 0.0569. The van der Waals surface area contributed by atoms with Crippen molar-refractivity contribution in [3.05, 3.63) is 88.8 Å². The SMILES string of the molecule is COc1ccc(S(=O)(=O)Nc2ccccc2C(=O)Nc2nc(-c3ccc(C)c(C)c3)cs2)cc1. The summed E-state index contributed by atoms with van der Waals surface area (Å²) in [5.74, 6) is 0.0800. The smallest absolute Gasteiger partial charge is 0.261 e. The monoisotopic (exact) mass is 493 g/mol. The van der Waals surface area contributed by atoms with Gasteiger partial charge in [0.25, 0.3) is 15.9 Å². The third-order valence-corrected chi connectivity index (χ3v) is 7.45. The molecule has 1 aromatic heterocycles. The van der Waals surface area contributed by atoms with Gasteiger partial charge in [0.15, 0.2) is 5.13 Å². The van der Waals surface area contributed by atoms with E-state index in [1.54, 1.807) is 36.4 Å². The maximum Gasteiger partial charge on any atom is 0.261 e. The van der Waals surface area contributed by atoms with Crippen molar-refractivity contribution in [2.45, 2.75) is 18.7 Å². The van der Waals surface area contributed by atoms with E-state index >= 15 is 0 Å². The second-order valence-corrected chi connectivity index (χ2v) is 10.2. The Kier molecular flexibility index (Phi) is 6.67. The number of thiazole rings is 1. The molecule has 174 valence electrons. The third-order valence-electron chi connectivity index (χ3n) is 5.31. The van der Waals surface area contributed by atoms with Gasteiger partial charge in [-0.3, -0.25) is 14.8 Å². The fraction of sp³-hybridized carbons (Fsp3) is 0.120. The van der Waals surface area contributed by atoms with Crippen LogP contribution in [-0.4, -0.2) is 26.4 Å². The Balaban J connectivity index is 1.54. The summed E-state index contributed by atoms with van der Waals surface area (Å²) in [5, 5.41) is 5.07. The molecule has 0 saturated carbocycles. The molecule has 0 atom stereocenters. The highest BCUT2D eigenvalue weighted by Crippen LogP contribution is 2.28. The Morgan fingerprint density at radius 2 is 1.71 bits per heavy atom. The number of rotatable bonds is 7. The van der Waals surface area contributed by atoms with Crippen molar-refractivity contribution in [2.75, 3.05) is 17.1 Å². The number of carbonyl (C=O) groups is 1. The van der Waals surface area contributed by atoms with Crippen LogP contribution in [0.5, 0.6) is 5.75 Å². The number of nitrogens with zero attached hydrogens (tertiary/aromatic N) is 1. The van der Waals surface area contributed by atoms with E-state index in [2.05, 4.69) is 21.1 Å². The zero-order valence-electron chi connectivity index (χ0n) is 18.8. The van der Waals surface area contributed by atoms with Crippen LogP contribution in [0.2, 0.25) is 0 Å². The van der Waals surface area contributed by atoms with Crippen LogP contribution in [0.3, 0.4) is 0 Å². The van der Waals surface area contributed by atoms with Crippen molar-refractivity contribution >= 4 is 38.1 Å². The number of hydrogen-bond acceptors (Lipinski definition) is 6. The standard InChI is InChI=1S/C25H23N3O4S2/c1-16-8-9-18(14-17(16)2)23-15-33-25(26-23)27-24(29)21-6-4-5-7-22(21)28-34(30,31)20-12-10-19(32-3)11-13-20/h4-15,28H,1-3H3,(H,26,27,29). The molecule has 3 aromatic carbocycles. The molecule has 1 heterocycles. The Labute approximate surface area is 202 Å². The molecule has 0 radical (unpaired) electrons. The maximum absolute atomic E-state index is 13.0. The molecule has 1 amide bonds. The highest BCUT2D eigenvalue weighted by atomic mass is 32.2. The fourth-order valence-electron chi connectivity index (χ4n) is 3.26. The summed E-state index contributed by atoms with van der Waals surface area (Å²) in [6, 6.07) is 18.5. The molecule has 0 unspecified atom stereocenters. The van der Waals surface area contributed by atoms with Crippen LogP contribution in [-0.2, 0) is 10.0 Å². The average Bonchev–Trinajstić information content (AvgIpc) is 3.29. The predicted octanol–water partition coefficient (Wildman–Crippen LogP) is 5.49. The third kappa shape index (κ3) is 5.11. The second kappa shape index (κ2) is 9.66. The number of sulfonamides is 1. The molecule has 0 aliphatic carbocycles. The molecule has 0 spiro atoms. The first-order valence-corrected chi connectivity index (χ1v) is 12.7. The van der Waals surface area contributed by atoms with Gasteiger partial charge in [-0.1, -0.05) is 24.3 Å².